The number of hydrogen-bond donors (Lipinski definition) is 6. The molecule has 10 heteroatoms. The van der Waals surface area contributed by atoms with E-state index in [1.807, 2.05) is 0 Å². The fraction of sp³-hybridized carbons (Fsp3) is 0.385. The van der Waals surface area contributed by atoms with Crippen molar-refractivity contribution in [3.05, 3.63) is 23.4 Å². The Bertz CT molecular complexity index is 581. The average molecular weight is 329 g/mol. The lowest BCUT2D eigenvalue weighted by Crippen LogP contribution is -2.92. The third kappa shape index (κ3) is 5.79. The van der Waals surface area contributed by atoms with Crippen LogP contribution in [0.25, 0.3) is 0 Å². The van der Waals surface area contributed by atoms with Gasteiger partial charge in [0.05, 0.1) is 6.54 Å². The Morgan fingerprint density at radius 1 is 1.26 bits per heavy atom. The van der Waals surface area contributed by atoms with Gasteiger partial charge < -0.3 is 31.1 Å². The molecule has 126 valence electrons. The Labute approximate surface area is 130 Å². The molecule has 1 heterocycles. The van der Waals surface area contributed by atoms with Crippen LogP contribution in [-0.2, 0) is 19.2 Å². The van der Waals surface area contributed by atoms with Crippen molar-refractivity contribution in [2.75, 3.05) is 6.54 Å². The molecular weight excluding hydrogens is 312 g/mol. The van der Waals surface area contributed by atoms with Crippen LogP contribution in [0, 0.1) is 0 Å². The summed E-state index contributed by atoms with van der Waals surface area (Å²) in [5, 5.41) is 39.1. The number of carboxylic acid groups (broad SMARTS) is 4. The topological polar surface area (TPSA) is 178 Å². The molecule has 0 saturated carbocycles. The van der Waals surface area contributed by atoms with Crippen molar-refractivity contribution in [3.8, 4) is 0 Å². The molecule has 0 bridgehead atoms. The number of carboxylic acids is 4. The van der Waals surface area contributed by atoms with Gasteiger partial charge in [-0.15, -0.1) is 0 Å². The van der Waals surface area contributed by atoms with Crippen molar-refractivity contribution in [2.24, 2.45) is 0 Å². The van der Waals surface area contributed by atoms with E-state index in [9.17, 15) is 19.2 Å². The third-order valence-corrected chi connectivity index (χ3v) is 3.14. The normalized spacial score (nSPS) is 20.3. The van der Waals surface area contributed by atoms with Gasteiger partial charge in [-0.05, 0) is 17.7 Å². The molecule has 7 N–H and O–H groups in total. The maximum Gasteiger partial charge on any atom is 0.363 e. The molecule has 0 aromatic heterocycles. The minimum atomic E-state index is -1.31. The van der Waals surface area contributed by atoms with Crippen LogP contribution in [0.5, 0.6) is 0 Å². The summed E-state index contributed by atoms with van der Waals surface area (Å²) in [5.74, 6) is -5.04. The van der Waals surface area contributed by atoms with E-state index >= 15 is 0 Å². The number of quaternary nitrogens is 1. The summed E-state index contributed by atoms with van der Waals surface area (Å²) in [4.78, 5) is 43.4. The van der Waals surface area contributed by atoms with E-state index in [4.69, 9.17) is 20.4 Å². The van der Waals surface area contributed by atoms with Crippen LogP contribution >= 0.6 is 0 Å². The zero-order chi connectivity index (χ0) is 17.6. The fourth-order valence-electron chi connectivity index (χ4n) is 2.02. The van der Waals surface area contributed by atoms with Gasteiger partial charge in [0.25, 0.3) is 0 Å². The van der Waals surface area contributed by atoms with Gasteiger partial charge in [-0.25, -0.2) is 14.4 Å². The quantitative estimate of drug-likeness (QED) is 0.289. The number of rotatable bonds is 8. The molecule has 2 atom stereocenters. The van der Waals surface area contributed by atoms with Crippen LogP contribution in [0.3, 0.4) is 0 Å². The minimum Gasteiger partial charge on any atom is -0.481 e. The van der Waals surface area contributed by atoms with Crippen molar-refractivity contribution >= 4 is 23.9 Å². The lowest BCUT2D eigenvalue weighted by atomic mass is 10.00. The first kappa shape index (κ1) is 18.2. The molecule has 10 nitrogen and oxygen atoms in total. The lowest BCUT2D eigenvalue weighted by molar-refractivity contribution is -0.669. The number of allylic oxidation sites excluding steroid dienone is 1. The summed E-state index contributed by atoms with van der Waals surface area (Å²) in [6.45, 7) is 0.0787. The van der Waals surface area contributed by atoms with E-state index in [0.717, 1.165) is 0 Å². The Hall–Kier alpha value is -2.88. The van der Waals surface area contributed by atoms with E-state index in [2.05, 4.69) is 5.32 Å². The predicted octanol–water partition coefficient (Wildman–Crippen LogP) is -2.18. The Morgan fingerprint density at radius 3 is 2.39 bits per heavy atom. The monoisotopic (exact) mass is 329 g/mol. The summed E-state index contributed by atoms with van der Waals surface area (Å²) in [7, 11) is 0. The van der Waals surface area contributed by atoms with E-state index in [-0.39, 0.29) is 18.7 Å². The fourth-order valence-corrected chi connectivity index (χ4v) is 2.02. The molecular formula is C13H17N2O8+. The highest BCUT2D eigenvalue weighted by Crippen LogP contribution is 2.16. The molecule has 0 radical (unpaired) electrons. The zero-order valence-electron chi connectivity index (χ0n) is 11.9. The Balaban J connectivity index is 2.78. The highest BCUT2D eigenvalue weighted by atomic mass is 16.4. The molecule has 1 rings (SSSR count). The second-order valence-corrected chi connectivity index (χ2v) is 4.90. The zero-order valence-corrected chi connectivity index (χ0v) is 11.9. The van der Waals surface area contributed by atoms with Crippen molar-refractivity contribution in [3.63, 3.8) is 0 Å². The van der Waals surface area contributed by atoms with E-state index in [0.29, 0.717) is 5.57 Å². The minimum absolute atomic E-state index is 0.0383. The maximum atomic E-state index is 11.0. The van der Waals surface area contributed by atoms with Crippen molar-refractivity contribution in [1.82, 2.24) is 5.32 Å². The third-order valence-electron chi connectivity index (χ3n) is 3.14. The second-order valence-electron chi connectivity index (χ2n) is 4.90. The van der Waals surface area contributed by atoms with Crippen molar-refractivity contribution in [2.45, 2.75) is 24.9 Å². The summed E-state index contributed by atoms with van der Waals surface area (Å²) >= 11 is 0. The van der Waals surface area contributed by atoms with Gasteiger partial charge in [-0.3, -0.25) is 4.79 Å². The first-order chi connectivity index (χ1) is 10.7. The first-order valence-corrected chi connectivity index (χ1v) is 6.62. The maximum absolute atomic E-state index is 11.0. The predicted molar refractivity (Wildman–Crippen MR) is 73.4 cm³/mol. The number of hydrogen-bond acceptors (Lipinski definition) is 5. The summed E-state index contributed by atoms with van der Waals surface area (Å²) in [5.41, 5.74) is 0.152. The molecule has 0 aliphatic carbocycles. The Kier molecular flexibility index (Phi) is 6.27. The van der Waals surface area contributed by atoms with Gasteiger partial charge in [0.2, 0.25) is 0 Å². The molecule has 0 amide bonds. The Morgan fingerprint density at radius 2 is 1.91 bits per heavy atom. The number of nitrogens with one attached hydrogen (secondary N) is 1. The van der Waals surface area contributed by atoms with Gasteiger partial charge in [0.15, 0.2) is 6.04 Å². The number of nitrogens with two attached hydrogens (primary N) is 1. The molecule has 0 spiro atoms. The van der Waals surface area contributed by atoms with Crippen molar-refractivity contribution in [1.29, 1.82) is 0 Å². The number of carbonyl (C=O) groups is 4. The molecule has 2 unspecified atom stereocenters. The second kappa shape index (κ2) is 7.94. The molecule has 0 fully saturated rings. The lowest BCUT2D eigenvalue weighted by Gasteiger charge is -2.22. The largest absolute Gasteiger partial charge is 0.481 e. The molecule has 0 aromatic carbocycles. The van der Waals surface area contributed by atoms with Crippen LogP contribution in [0.1, 0.15) is 12.8 Å². The van der Waals surface area contributed by atoms with Gasteiger partial charge in [-0.2, -0.15) is 0 Å². The van der Waals surface area contributed by atoms with Gasteiger partial charge in [0, 0.05) is 6.42 Å². The molecule has 1 aliphatic rings. The van der Waals surface area contributed by atoms with Crippen LogP contribution < -0.4 is 10.6 Å². The van der Waals surface area contributed by atoms with E-state index in [1.165, 1.54) is 17.5 Å². The van der Waals surface area contributed by atoms with E-state index in [1.54, 1.807) is 0 Å². The van der Waals surface area contributed by atoms with Gasteiger partial charge >= 0.3 is 23.9 Å². The number of aliphatic carboxylic acids is 4. The van der Waals surface area contributed by atoms with Crippen LogP contribution in [0.2, 0.25) is 0 Å². The molecule has 23 heavy (non-hydrogen) atoms. The van der Waals surface area contributed by atoms with Gasteiger partial charge in [-0.1, -0.05) is 0 Å². The van der Waals surface area contributed by atoms with E-state index < -0.39 is 42.4 Å². The van der Waals surface area contributed by atoms with Crippen LogP contribution in [0.4, 0.5) is 0 Å². The summed E-state index contributed by atoms with van der Waals surface area (Å²) in [6.07, 6.45) is 2.23. The average Bonchev–Trinajstić information content (AvgIpc) is 2.45. The smallest absolute Gasteiger partial charge is 0.363 e. The molecule has 0 saturated heterocycles. The first-order valence-electron chi connectivity index (χ1n) is 6.62. The van der Waals surface area contributed by atoms with Gasteiger partial charge in [0.1, 0.15) is 18.2 Å². The highest BCUT2D eigenvalue weighted by Gasteiger charge is 2.27. The SMILES string of the molecule is O=C(O)CC([NH2+]CC=C1C=C(C(=O)O)NC(C(=O)O)C1)C(=O)O. The molecule has 0 aromatic rings. The molecule has 1 aliphatic heterocycles. The summed E-state index contributed by atoms with van der Waals surface area (Å²) in [6, 6.07) is -2.27. The standard InChI is InChI=1S/C13H16N2O8/c16-10(17)5-7(11(18)19)14-2-1-6-3-8(12(20)21)15-9(4-6)13(22)23/h1,3,7,9,14-15H,2,4-5H2,(H,16,17)(H,18,19)(H,20,21)(H,22,23)/p+1. The van der Waals surface area contributed by atoms with Crippen LogP contribution in [-0.4, -0.2) is 62.9 Å². The van der Waals surface area contributed by atoms with Crippen molar-refractivity contribution < 1.29 is 44.9 Å². The highest BCUT2D eigenvalue weighted by molar-refractivity contribution is 5.89. The summed E-state index contributed by atoms with van der Waals surface area (Å²) < 4.78 is 0. The van der Waals surface area contributed by atoms with Crippen LogP contribution in [0.15, 0.2) is 23.4 Å².